The molecule has 4 heteroatoms. The maximum atomic E-state index is 5.93. The molecule has 0 amide bonds. The minimum Gasteiger partial charge on any atom is -0.489 e. The first-order chi connectivity index (χ1) is 7.79. The highest BCUT2D eigenvalue weighted by Crippen LogP contribution is 2.29. The van der Waals surface area contributed by atoms with Gasteiger partial charge in [-0.1, -0.05) is 11.6 Å². The molecule has 3 nitrogen and oxygen atoms in total. The van der Waals surface area contributed by atoms with Crippen LogP contribution in [0.15, 0.2) is 18.3 Å². The molecule has 1 aromatic rings. The molecular formula is C12H15ClN2O. The molecule has 0 radical (unpaired) electrons. The van der Waals surface area contributed by atoms with Crippen molar-refractivity contribution in [3.8, 4) is 5.75 Å². The predicted molar refractivity (Wildman–Crippen MR) is 62.8 cm³/mol. The summed E-state index contributed by atoms with van der Waals surface area (Å²) in [6, 6.07) is 4.97. The van der Waals surface area contributed by atoms with E-state index in [9.17, 15) is 0 Å². The van der Waals surface area contributed by atoms with Gasteiger partial charge >= 0.3 is 0 Å². The van der Waals surface area contributed by atoms with Crippen molar-refractivity contribution in [2.45, 2.75) is 43.9 Å². The van der Waals surface area contributed by atoms with Crippen LogP contribution in [0.4, 0.5) is 0 Å². The minimum atomic E-state index is 0.335. The second-order valence-corrected chi connectivity index (χ2v) is 5.05. The third-order valence-corrected chi connectivity index (χ3v) is 3.66. The van der Waals surface area contributed by atoms with Gasteiger partial charge in [0.1, 0.15) is 17.0 Å². The lowest BCUT2D eigenvalue weighted by Gasteiger charge is -2.29. The van der Waals surface area contributed by atoms with E-state index in [1.54, 1.807) is 12.3 Å². The minimum absolute atomic E-state index is 0.335. The highest BCUT2D eigenvalue weighted by atomic mass is 35.5. The molecule has 2 bridgehead atoms. The average Bonchev–Trinajstić information content (AvgIpc) is 2.62. The molecule has 3 heterocycles. The van der Waals surface area contributed by atoms with Crippen LogP contribution in [0.5, 0.6) is 5.75 Å². The fraction of sp³-hybridized carbons (Fsp3) is 0.583. The molecule has 0 aromatic carbocycles. The Balaban J connectivity index is 1.64. The van der Waals surface area contributed by atoms with Gasteiger partial charge in [-0.15, -0.1) is 0 Å². The predicted octanol–water partition coefficient (Wildman–Crippen LogP) is 2.40. The molecule has 3 atom stereocenters. The van der Waals surface area contributed by atoms with E-state index in [2.05, 4.69) is 10.3 Å². The first-order valence-corrected chi connectivity index (χ1v) is 6.21. The van der Waals surface area contributed by atoms with Gasteiger partial charge in [0.2, 0.25) is 0 Å². The Morgan fingerprint density at radius 2 is 2.00 bits per heavy atom. The fourth-order valence-corrected chi connectivity index (χ4v) is 2.84. The molecule has 1 aromatic heterocycles. The van der Waals surface area contributed by atoms with Crippen molar-refractivity contribution >= 4 is 11.6 Å². The molecule has 2 aliphatic rings. The number of ether oxygens (including phenoxy) is 1. The first-order valence-electron chi connectivity index (χ1n) is 5.84. The lowest BCUT2D eigenvalue weighted by Crippen LogP contribution is -2.42. The number of hydrogen-bond acceptors (Lipinski definition) is 3. The van der Waals surface area contributed by atoms with Gasteiger partial charge in [-0.3, -0.25) is 0 Å². The van der Waals surface area contributed by atoms with Gasteiger partial charge in [0, 0.05) is 12.1 Å². The first kappa shape index (κ1) is 10.4. The van der Waals surface area contributed by atoms with Gasteiger partial charge in [-0.25, -0.2) is 4.98 Å². The van der Waals surface area contributed by atoms with Gasteiger partial charge in [0.05, 0.1) is 6.20 Å². The van der Waals surface area contributed by atoms with Crippen molar-refractivity contribution in [3.63, 3.8) is 0 Å². The summed E-state index contributed by atoms with van der Waals surface area (Å²) in [7, 11) is 0. The maximum absolute atomic E-state index is 5.93. The molecule has 0 saturated carbocycles. The monoisotopic (exact) mass is 238 g/mol. The van der Waals surface area contributed by atoms with Crippen molar-refractivity contribution in [2.24, 2.45) is 0 Å². The van der Waals surface area contributed by atoms with Crippen molar-refractivity contribution in [1.29, 1.82) is 0 Å². The van der Waals surface area contributed by atoms with Crippen LogP contribution in [0.25, 0.3) is 0 Å². The standard InChI is InChI=1S/C12H15ClN2O/c13-12-4-3-10(7-14-12)16-11-5-8-1-2-9(6-11)15-8/h3-4,7-9,11,15H,1-2,5-6H2/t8-,9+,11?. The number of aromatic nitrogens is 1. The molecular weight excluding hydrogens is 224 g/mol. The van der Waals surface area contributed by atoms with Crippen LogP contribution < -0.4 is 10.1 Å². The second kappa shape index (κ2) is 4.22. The Bertz CT molecular complexity index is 356. The zero-order valence-corrected chi connectivity index (χ0v) is 9.78. The van der Waals surface area contributed by atoms with Crippen LogP contribution in [0.2, 0.25) is 5.15 Å². The molecule has 3 rings (SSSR count). The third-order valence-electron chi connectivity index (χ3n) is 3.43. The number of fused-ring (bicyclic) bond motifs is 2. The van der Waals surface area contributed by atoms with Crippen LogP contribution in [0, 0.1) is 0 Å². The quantitative estimate of drug-likeness (QED) is 0.804. The van der Waals surface area contributed by atoms with E-state index >= 15 is 0 Å². The smallest absolute Gasteiger partial charge is 0.138 e. The molecule has 1 N–H and O–H groups in total. The summed E-state index contributed by atoms with van der Waals surface area (Å²) in [6.45, 7) is 0. The van der Waals surface area contributed by atoms with Gasteiger partial charge in [0.15, 0.2) is 0 Å². The number of pyridine rings is 1. The normalized spacial score (nSPS) is 32.7. The summed E-state index contributed by atoms with van der Waals surface area (Å²) < 4.78 is 5.93. The lowest BCUT2D eigenvalue weighted by atomic mass is 10.0. The molecule has 16 heavy (non-hydrogen) atoms. The Labute approximate surface area is 100 Å². The van der Waals surface area contributed by atoms with Gasteiger partial charge in [-0.05, 0) is 37.8 Å². The molecule has 0 aliphatic carbocycles. The Kier molecular flexibility index (Phi) is 2.74. The van der Waals surface area contributed by atoms with E-state index in [1.165, 1.54) is 12.8 Å². The highest BCUT2D eigenvalue weighted by Gasteiger charge is 2.34. The number of nitrogens with one attached hydrogen (secondary N) is 1. The fourth-order valence-electron chi connectivity index (χ4n) is 2.73. The SMILES string of the molecule is Clc1ccc(OC2C[C@H]3CC[C@@H](C2)N3)cn1. The summed E-state index contributed by atoms with van der Waals surface area (Å²) >= 11 is 5.73. The van der Waals surface area contributed by atoms with E-state index in [0.29, 0.717) is 23.3 Å². The summed E-state index contributed by atoms with van der Waals surface area (Å²) in [5.74, 6) is 0.829. The number of halogens is 1. The topological polar surface area (TPSA) is 34.1 Å². The molecule has 0 spiro atoms. The summed E-state index contributed by atoms with van der Waals surface area (Å²) in [5, 5.41) is 4.11. The second-order valence-electron chi connectivity index (χ2n) is 4.67. The zero-order chi connectivity index (χ0) is 11.0. The van der Waals surface area contributed by atoms with Crippen molar-refractivity contribution in [3.05, 3.63) is 23.5 Å². The lowest BCUT2D eigenvalue weighted by molar-refractivity contribution is 0.137. The number of nitrogens with zero attached hydrogens (tertiary/aromatic N) is 1. The van der Waals surface area contributed by atoms with E-state index < -0.39 is 0 Å². The Morgan fingerprint density at radius 1 is 1.25 bits per heavy atom. The highest BCUT2D eigenvalue weighted by molar-refractivity contribution is 6.29. The van der Waals surface area contributed by atoms with E-state index in [4.69, 9.17) is 16.3 Å². The van der Waals surface area contributed by atoms with Crippen molar-refractivity contribution in [1.82, 2.24) is 10.3 Å². The van der Waals surface area contributed by atoms with Crippen LogP contribution >= 0.6 is 11.6 Å². The number of piperidine rings is 1. The zero-order valence-electron chi connectivity index (χ0n) is 9.03. The molecule has 2 aliphatic heterocycles. The van der Waals surface area contributed by atoms with Gasteiger partial charge in [0.25, 0.3) is 0 Å². The molecule has 86 valence electrons. The summed E-state index contributed by atoms with van der Waals surface area (Å²) in [5.41, 5.74) is 0. The van der Waals surface area contributed by atoms with Crippen LogP contribution in [-0.2, 0) is 0 Å². The van der Waals surface area contributed by atoms with E-state index in [1.807, 2.05) is 6.07 Å². The maximum Gasteiger partial charge on any atom is 0.138 e. The number of hydrogen-bond donors (Lipinski definition) is 1. The Morgan fingerprint density at radius 3 is 2.62 bits per heavy atom. The summed E-state index contributed by atoms with van der Waals surface area (Å²) in [6.07, 6.45) is 6.85. The third kappa shape index (κ3) is 2.15. The largest absolute Gasteiger partial charge is 0.489 e. The number of rotatable bonds is 2. The van der Waals surface area contributed by atoms with Gasteiger partial charge in [-0.2, -0.15) is 0 Å². The van der Waals surface area contributed by atoms with Gasteiger partial charge < -0.3 is 10.1 Å². The van der Waals surface area contributed by atoms with Crippen LogP contribution in [-0.4, -0.2) is 23.2 Å². The van der Waals surface area contributed by atoms with Crippen molar-refractivity contribution in [2.75, 3.05) is 0 Å². The van der Waals surface area contributed by atoms with Crippen molar-refractivity contribution < 1.29 is 4.74 Å². The molecule has 1 unspecified atom stereocenters. The van der Waals surface area contributed by atoms with Crippen LogP contribution in [0.3, 0.4) is 0 Å². The Hall–Kier alpha value is -0.800. The summed E-state index contributed by atoms with van der Waals surface area (Å²) in [4.78, 5) is 4.02. The molecule has 2 fully saturated rings. The van der Waals surface area contributed by atoms with E-state index in [0.717, 1.165) is 18.6 Å². The molecule has 2 saturated heterocycles. The van der Waals surface area contributed by atoms with Crippen LogP contribution in [0.1, 0.15) is 25.7 Å². The van der Waals surface area contributed by atoms with E-state index in [-0.39, 0.29) is 0 Å². The average molecular weight is 239 g/mol.